The van der Waals surface area contributed by atoms with Crippen LogP contribution < -0.4 is 10.9 Å². The van der Waals surface area contributed by atoms with E-state index in [0.29, 0.717) is 44.0 Å². The van der Waals surface area contributed by atoms with E-state index in [4.69, 9.17) is 4.98 Å². The summed E-state index contributed by atoms with van der Waals surface area (Å²) in [5, 5.41) is 13.5. The Balaban J connectivity index is 1.24. The van der Waals surface area contributed by atoms with Crippen LogP contribution in [0.5, 0.6) is 0 Å². The summed E-state index contributed by atoms with van der Waals surface area (Å²) in [6.45, 7) is 1.76. The smallest absolute Gasteiger partial charge is 0.336 e. The summed E-state index contributed by atoms with van der Waals surface area (Å²) in [7, 11) is 0. The van der Waals surface area contributed by atoms with Crippen LogP contribution in [-0.2, 0) is 4.79 Å². The van der Waals surface area contributed by atoms with Crippen molar-refractivity contribution in [1.82, 2.24) is 14.5 Å². The molecule has 2 N–H and O–H groups in total. The third kappa shape index (κ3) is 5.25. The zero-order valence-corrected chi connectivity index (χ0v) is 23.2. The normalized spacial score (nSPS) is 11.8. The van der Waals surface area contributed by atoms with Crippen LogP contribution in [0.15, 0.2) is 119 Å². The lowest BCUT2D eigenvalue weighted by atomic mass is 10.0. The molecule has 0 spiro atoms. The predicted octanol–water partition coefficient (Wildman–Crippen LogP) is 6.42. The zero-order chi connectivity index (χ0) is 29.2. The standard InChI is InChI=1S/C33H24N4O4S/c1-20(42-33-36-28-14-8-6-12-25(28)31(39)37(33)23-9-3-2-4-10-23)30(38)34-22-17-15-21(16-18-22)29-19-26(32(40)41)24-11-5-7-13-27(24)35-29/h2-20H,1H3,(H,34,38)(H,40,41). The van der Waals surface area contributed by atoms with Crippen LogP contribution in [0.3, 0.4) is 0 Å². The molecule has 0 aliphatic carbocycles. The molecule has 0 radical (unpaired) electrons. The molecule has 6 rings (SSSR count). The lowest BCUT2D eigenvalue weighted by Gasteiger charge is -2.16. The van der Waals surface area contributed by atoms with Gasteiger partial charge in [-0.2, -0.15) is 0 Å². The van der Waals surface area contributed by atoms with Crippen LogP contribution in [0.1, 0.15) is 17.3 Å². The van der Waals surface area contributed by atoms with Crippen molar-refractivity contribution >= 4 is 51.1 Å². The number of benzene rings is 4. The molecule has 2 heterocycles. The maximum Gasteiger partial charge on any atom is 0.336 e. The van der Waals surface area contributed by atoms with Crippen molar-refractivity contribution in [3.8, 4) is 16.9 Å². The first-order valence-electron chi connectivity index (χ1n) is 13.2. The average Bonchev–Trinajstić information content (AvgIpc) is 3.01. The number of carboxylic acids is 1. The molecule has 42 heavy (non-hydrogen) atoms. The molecule has 1 atom stereocenters. The van der Waals surface area contributed by atoms with Gasteiger partial charge in [0.15, 0.2) is 5.16 Å². The Labute approximate surface area is 244 Å². The minimum absolute atomic E-state index is 0.176. The van der Waals surface area contributed by atoms with Crippen LogP contribution in [-0.4, -0.2) is 36.8 Å². The number of para-hydroxylation sites is 3. The van der Waals surface area contributed by atoms with E-state index in [1.165, 1.54) is 16.3 Å². The summed E-state index contributed by atoms with van der Waals surface area (Å²) in [5.41, 5.74) is 3.61. The first kappa shape index (κ1) is 26.9. The van der Waals surface area contributed by atoms with E-state index in [2.05, 4.69) is 10.3 Å². The molecule has 0 aliphatic heterocycles. The number of hydrogen-bond donors (Lipinski definition) is 2. The molecule has 1 unspecified atom stereocenters. The Kier molecular flexibility index (Phi) is 7.24. The molecule has 1 amide bonds. The Morgan fingerprint density at radius 2 is 1.43 bits per heavy atom. The Morgan fingerprint density at radius 1 is 0.810 bits per heavy atom. The first-order valence-corrected chi connectivity index (χ1v) is 14.1. The molecule has 0 bridgehead atoms. The number of anilines is 1. The third-order valence-electron chi connectivity index (χ3n) is 6.81. The van der Waals surface area contributed by atoms with Crippen molar-refractivity contribution in [1.29, 1.82) is 0 Å². The van der Waals surface area contributed by atoms with Gasteiger partial charge in [-0.15, -0.1) is 0 Å². The number of amides is 1. The van der Waals surface area contributed by atoms with E-state index in [1.54, 1.807) is 73.7 Å². The van der Waals surface area contributed by atoms with Crippen LogP contribution in [0.2, 0.25) is 0 Å². The van der Waals surface area contributed by atoms with Gasteiger partial charge in [-0.1, -0.05) is 72.4 Å². The highest BCUT2D eigenvalue weighted by Crippen LogP contribution is 2.28. The van der Waals surface area contributed by atoms with Gasteiger partial charge in [0, 0.05) is 16.6 Å². The van der Waals surface area contributed by atoms with Crippen LogP contribution >= 0.6 is 11.8 Å². The molecule has 0 saturated carbocycles. The number of carboxylic acid groups (broad SMARTS) is 1. The number of nitrogens with one attached hydrogen (secondary N) is 1. The number of nitrogens with zero attached hydrogens (tertiary/aromatic N) is 3. The second-order valence-electron chi connectivity index (χ2n) is 9.59. The highest BCUT2D eigenvalue weighted by Gasteiger charge is 2.21. The monoisotopic (exact) mass is 572 g/mol. The highest BCUT2D eigenvalue weighted by atomic mass is 32.2. The summed E-state index contributed by atoms with van der Waals surface area (Å²) >= 11 is 1.20. The van der Waals surface area contributed by atoms with Crippen LogP contribution in [0.25, 0.3) is 38.8 Å². The zero-order valence-electron chi connectivity index (χ0n) is 22.4. The topological polar surface area (TPSA) is 114 Å². The second kappa shape index (κ2) is 11.3. The fourth-order valence-electron chi connectivity index (χ4n) is 4.68. The molecule has 9 heteroatoms. The molecular formula is C33H24N4O4S. The van der Waals surface area contributed by atoms with E-state index in [0.717, 1.165) is 5.56 Å². The quantitative estimate of drug-likeness (QED) is 0.168. The fraction of sp³-hybridized carbons (Fsp3) is 0.0606. The van der Waals surface area contributed by atoms with E-state index >= 15 is 0 Å². The van der Waals surface area contributed by atoms with Crippen LogP contribution in [0, 0.1) is 0 Å². The summed E-state index contributed by atoms with van der Waals surface area (Å²) in [6, 6.07) is 32.1. The lowest BCUT2D eigenvalue weighted by Crippen LogP contribution is -2.26. The third-order valence-corrected chi connectivity index (χ3v) is 7.86. The van der Waals surface area contributed by atoms with Gasteiger partial charge in [0.05, 0.1) is 38.6 Å². The Hall–Kier alpha value is -5.28. The van der Waals surface area contributed by atoms with Crippen molar-refractivity contribution in [2.24, 2.45) is 0 Å². The second-order valence-corrected chi connectivity index (χ2v) is 10.9. The Morgan fingerprint density at radius 3 is 2.12 bits per heavy atom. The van der Waals surface area contributed by atoms with Gasteiger partial charge in [-0.25, -0.2) is 14.8 Å². The molecule has 6 aromatic rings. The number of fused-ring (bicyclic) bond motifs is 2. The van der Waals surface area contributed by atoms with Crippen molar-refractivity contribution in [3.05, 3.63) is 125 Å². The number of carbonyl (C=O) groups is 2. The Bertz CT molecular complexity index is 2030. The molecule has 0 saturated heterocycles. The molecule has 0 fully saturated rings. The molecule has 0 aliphatic rings. The number of hydrogen-bond acceptors (Lipinski definition) is 6. The maximum atomic E-state index is 13.4. The summed E-state index contributed by atoms with van der Waals surface area (Å²) in [4.78, 5) is 47.9. The van der Waals surface area contributed by atoms with Crippen molar-refractivity contribution in [3.63, 3.8) is 0 Å². The maximum absolute atomic E-state index is 13.4. The lowest BCUT2D eigenvalue weighted by molar-refractivity contribution is -0.115. The van der Waals surface area contributed by atoms with Gasteiger partial charge in [-0.05, 0) is 55.5 Å². The van der Waals surface area contributed by atoms with E-state index in [1.807, 2.05) is 42.5 Å². The highest BCUT2D eigenvalue weighted by molar-refractivity contribution is 8.00. The minimum atomic E-state index is -1.02. The molecule has 4 aromatic carbocycles. The number of pyridine rings is 1. The average molecular weight is 573 g/mol. The van der Waals surface area contributed by atoms with Gasteiger partial charge in [0.25, 0.3) is 5.56 Å². The predicted molar refractivity (Wildman–Crippen MR) is 165 cm³/mol. The van der Waals surface area contributed by atoms with Gasteiger partial charge in [0.2, 0.25) is 5.91 Å². The van der Waals surface area contributed by atoms with Gasteiger partial charge >= 0.3 is 5.97 Å². The van der Waals surface area contributed by atoms with Crippen molar-refractivity contribution in [2.75, 3.05) is 5.32 Å². The molecule has 206 valence electrons. The van der Waals surface area contributed by atoms with Gasteiger partial charge < -0.3 is 10.4 Å². The number of rotatable bonds is 7. The van der Waals surface area contributed by atoms with E-state index < -0.39 is 11.2 Å². The molecule has 2 aromatic heterocycles. The van der Waals surface area contributed by atoms with Gasteiger partial charge in [-0.3, -0.25) is 14.2 Å². The largest absolute Gasteiger partial charge is 0.478 e. The molecular weight excluding hydrogens is 548 g/mol. The van der Waals surface area contributed by atoms with E-state index in [-0.39, 0.29) is 17.0 Å². The summed E-state index contributed by atoms with van der Waals surface area (Å²) in [6.07, 6.45) is 0. The summed E-state index contributed by atoms with van der Waals surface area (Å²) in [5.74, 6) is -1.28. The van der Waals surface area contributed by atoms with Gasteiger partial charge in [0.1, 0.15) is 0 Å². The number of thioether (sulfide) groups is 1. The van der Waals surface area contributed by atoms with E-state index in [9.17, 15) is 19.5 Å². The fourth-order valence-corrected chi connectivity index (χ4v) is 5.60. The van der Waals surface area contributed by atoms with Crippen LogP contribution in [0.4, 0.5) is 5.69 Å². The first-order chi connectivity index (χ1) is 20.4. The number of carbonyl (C=O) groups excluding carboxylic acids is 1. The molecule has 8 nitrogen and oxygen atoms in total. The minimum Gasteiger partial charge on any atom is -0.478 e. The van der Waals surface area contributed by atoms with Crippen molar-refractivity contribution in [2.45, 2.75) is 17.3 Å². The SMILES string of the molecule is CC(Sc1nc2ccccc2c(=O)n1-c1ccccc1)C(=O)Nc1ccc(-c2cc(C(=O)O)c3ccccc3n2)cc1. The number of aromatic carboxylic acids is 1. The summed E-state index contributed by atoms with van der Waals surface area (Å²) < 4.78 is 1.54. The van der Waals surface area contributed by atoms with Crippen molar-refractivity contribution < 1.29 is 14.7 Å². The number of aromatic nitrogens is 3.